The summed E-state index contributed by atoms with van der Waals surface area (Å²) in [7, 11) is 0. The number of hydrogen-bond acceptors (Lipinski definition) is 3. The molecule has 0 aliphatic heterocycles. The van der Waals surface area contributed by atoms with Crippen LogP contribution in [0.5, 0.6) is 0 Å². The molecule has 0 heterocycles. The molecule has 6 heteroatoms. The number of rotatable bonds is 8. The van der Waals surface area contributed by atoms with E-state index >= 15 is 0 Å². The van der Waals surface area contributed by atoms with Gasteiger partial charge in [-0.1, -0.05) is 86.3 Å². The monoisotopic (exact) mass is 483 g/mol. The standard InChI is InChI=1S/C30H33N3O3/c34-28(23-15-7-4-8-16-23)32-26-20-12-11-19-25(26)29(35)33-27(21-22-13-5-3-6-14-22)30(36)31-24-17-9-1-2-10-18-24/h3-8,11-16,19-20,24,27H,1-2,9-10,17-18,21H2,(H,31,36)(H,32,34)(H,33,35)/t27-/m1/s1. The maximum absolute atomic E-state index is 13.4. The fourth-order valence-electron chi connectivity index (χ4n) is 4.59. The van der Waals surface area contributed by atoms with Gasteiger partial charge in [0.1, 0.15) is 6.04 Å². The van der Waals surface area contributed by atoms with E-state index in [1.165, 1.54) is 12.8 Å². The van der Waals surface area contributed by atoms with Crippen LogP contribution < -0.4 is 16.0 Å². The quantitative estimate of drug-likeness (QED) is 0.389. The first-order chi connectivity index (χ1) is 17.6. The lowest BCUT2D eigenvalue weighted by molar-refractivity contribution is -0.123. The van der Waals surface area contributed by atoms with Crippen molar-refractivity contribution in [1.29, 1.82) is 0 Å². The molecular formula is C30H33N3O3. The van der Waals surface area contributed by atoms with Gasteiger partial charge in [-0.05, 0) is 42.7 Å². The molecule has 4 rings (SSSR count). The third-order valence-electron chi connectivity index (χ3n) is 6.56. The lowest BCUT2D eigenvalue weighted by Crippen LogP contribution is -2.50. The van der Waals surface area contributed by atoms with E-state index in [1.807, 2.05) is 36.4 Å². The summed E-state index contributed by atoms with van der Waals surface area (Å²) in [6, 6.07) is 24.7. The van der Waals surface area contributed by atoms with Gasteiger partial charge in [0, 0.05) is 18.0 Å². The first-order valence-electron chi connectivity index (χ1n) is 12.7. The second-order valence-electron chi connectivity index (χ2n) is 9.28. The number of carbonyl (C=O) groups excluding carboxylic acids is 3. The summed E-state index contributed by atoms with van der Waals surface area (Å²) in [6.45, 7) is 0. The van der Waals surface area contributed by atoms with E-state index in [4.69, 9.17) is 0 Å². The first-order valence-corrected chi connectivity index (χ1v) is 12.7. The van der Waals surface area contributed by atoms with Crippen LogP contribution in [0.15, 0.2) is 84.9 Å². The molecule has 0 radical (unpaired) electrons. The largest absolute Gasteiger partial charge is 0.352 e. The Balaban J connectivity index is 1.51. The van der Waals surface area contributed by atoms with Gasteiger partial charge in [-0.25, -0.2) is 0 Å². The predicted molar refractivity (Wildman–Crippen MR) is 142 cm³/mol. The zero-order valence-corrected chi connectivity index (χ0v) is 20.4. The van der Waals surface area contributed by atoms with Crippen molar-refractivity contribution in [2.45, 2.75) is 57.0 Å². The van der Waals surface area contributed by atoms with Gasteiger partial charge in [0.25, 0.3) is 11.8 Å². The van der Waals surface area contributed by atoms with Crippen molar-refractivity contribution in [2.24, 2.45) is 0 Å². The molecule has 1 saturated carbocycles. The molecule has 0 bridgehead atoms. The van der Waals surface area contributed by atoms with E-state index in [1.54, 1.807) is 48.5 Å². The molecule has 0 saturated heterocycles. The van der Waals surface area contributed by atoms with Gasteiger partial charge in [0.2, 0.25) is 5.91 Å². The van der Waals surface area contributed by atoms with Crippen LogP contribution in [-0.2, 0) is 11.2 Å². The molecular weight excluding hydrogens is 450 g/mol. The van der Waals surface area contributed by atoms with Crippen molar-refractivity contribution < 1.29 is 14.4 Å². The Kier molecular flexibility index (Phi) is 8.87. The number of anilines is 1. The topological polar surface area (TPSA) is 87.3 Å². The van der Waals surface area contributed by atoms with Gasteiger partial charge in [-0.15, -0.1) is 0 Å². The highest BCUT2D eigenvalue weighted by Crippen LogP contribution is 2.19. The summed E-state index contributed by atoms with van der Waals surface area (Å²) < 4.78 is 0. The number of amides is 3. The van der Waals surface area contributed by atoms with Gasteiger partial charge in [-0.3, -0.25) is 14.4 Å². The van der Waals surface area contributed by atoms with Crippen LogP contribution in [0.1, 0.15) is 64.8 Å². The van der Waals surface area contributed by atoms with Crippen molar-refractivity contribution in [3.8, 4) is 0 Å². The molecule has 36 heavy (non-hydrogen) atoms. The molecule has 6 nitrogen and oxygen atoms in total. The molecule has 3 N–H and O–H groups in total. The lowest BCUT2D eigenvalue weighted by atomic mass is 10.0. The summed E-state index contributed by atoms with van der Waals surface area (Å²) in [5.41, 5.74) is 2.16. The lowest BCUT2D eigenvalue weighted by Gasteiger charge is -2.23. The van der Waals surface area contributed by atoms with Gasteiger partial charge >= 0.3 is 0 Å². The number of para-hydroxylation sites is 1. The molecule has 1 fully saturated rings. The second kappa shape index (κ2) is 12.7. The van der Waals surface area contributed by atoms with Crippen LogP contribution in [0.2, 0.25) is 0 Å². The van der Waals surface area contributed by atoms with Crippen molar-refractivity contribution in [2.75, 3.05) is 5.32 Å². The maximum atomic E-state index is 13.4. The molecule has 0 unspecified atom stereocenters. The summed E-state index contributed by atoms with van der Waals surface area (Å²) >= 11 is 0. The molecule has 186 valence electrons. The third-order valence-corrected chi connectivity index (χ3v) is 6.56. The van der Waals surface area contributed by atoms with Crippen LogP contribution in [0, 0.1) is 0 Å². The van der Waals surface area contributed by atoms with Crippen LogP contribution in [0.25, 0.3) is 0 Å². The van der Waals surface area contributed by atoms with Crippen LogP contribution in [0.4, 0.5) is 5.69 Å². The average Bonchev–Trinajstić information content (AvgIpc) is 3.18. The highest BCUT2D eigenvalue weighted by atomic mass is 16.2. The van der Waals surface area contributed by atoms with Crippen LogP contribution in [-0.4, -0.2) is 29.8 Å². The van der Waals surface area contributed by atoms with Crippen molar-refractivity contribution >= 4 is 23.4 Å². The Labute approximate surface area is 212 Å². The van der Waals surface area contributed by atoms with Gasteiger partial charge in [-0.2, -0.15) is 0 Å². The smallest absolute Gasteiger partial charge is 0.255 e. The summed E-state index contributed by atoms with van der Waals surface area (Å²) in [4.78, 5) is 39.4. The molecule has 3 amide bonds. The van der Waals surface area contributed by atoms with Crippen molar-refractivity contribution in [3.63, 3.8) is 0 Å². The summed E-state index contributed by atoms with van der Waals surface area (Å²) in [5.74, 6) is -0.886. The Morgan fingerprint density at radius 1 is 0.722 bits per heavy atom. The van der Waals surface area contributed by atoms with Gasteiger partial charge in [0.15, 0.2) is 0 Å². The zero-order chi connectivity index (χ0) is 25.2. The molecule has 1 atom stereocenters. The number of hydrogen-bond donors (Lipinski definition) is 3. The Morgan fingerprint density at radius 2 is 1.33 bits per heavy atom. The molecule has 3 aromatic rings. The SMILES string of the molecule is O=C(Nc1ccccc1C(=O)N[C@H](Cc1ccccc1)C(=O)NC1CCCCCC1)c1ccccc1. The molecule has 0 aromatic heterocycles. The van der Waals surface area contributed by atoms with E-state index < -0.39 is 11.9 Å². The normalized spacial score (nSPS) is 14.8. The maximum Gasteiger partial charge on any atom is 0.255 e. The Hall–Kier alpha value is -3.93. The highest BCUT2D eigenvalue weighted by molar-refractivity contribution is 6.09. The number of nitrogens with one attached hydrogen (secondary N) is 3. The number of benzene rings is 3. The van der Waals surface area contributed by atoms with Gasteiger partial charge in [0.05, 0.1) is 11.3 Å². The summed E-state index contributed by atoms with van der Waals surface area (Å²) in [6.07, 6.45) is 6.91. The Morgan fingerprint density at radius 3 is 2.03 bits per heavy atom. The van der Waals surface area contributed by atoms with Crippen molar-refractivity contribution in [3.05, 3.63) is 102 Å². The van der Waals surface area contributed by atoms with Crippen LogP contribution in [0.3, 0.4) is 0 Å². The highest BCUT2D eigenvalue weighted by Gasteiger charge is 2.26. The molecule has 1 aliphatic carbocycles. The molecule has 0 spiro atoms. The first kappa shape index (κ1) is 25.2. The minimum atomic E-state index is -0.735. The minimum absolute atomic E-state index is 0.132. The predicted octanol–water partition coefficient (Wildman–Crippen LogP) is 5.12. The van der Waals surface area contributed by atoms with Gasteiger partial charge < -0.3 is 16.0 Å². The fourth-order valence-corrected chi connectivity index (χ4v) is 4.59. The number of carbonyl (C=O) groups is 3. The van der Waals surface area contributed by atoms with Crippen molar-refractivity contribution in [1.82, 2.24) is 10.6 Å². The summed E-state index contributed by atoms with van der Waals surface area (Å²) in [5, 5.41) is 8.95. The zero-order valence-electron chi connectivity index (χ0n) is 20.4. The third kappa shape index (κ3) is 7.04. The van der Waals surface area contributed by atoms with E-state index in [-0.39, 0.29) is 17.9 Å². The fraction of sp³-hybridized carbons (Fsp3) is 0.300. The Bertz CT molecular complexity index is 1160. The van der Waals surface area contributed by atoms with E-state index in [9.17, 15) is 14.4 Å². The molecule has 1 aliphatic rings. The minimum Gasteiger partial charge on any atom is -0.352 e. The van der Waals surface area contributed by atoms with E-state index in [0.717, 1.165) is 31.2 Å². The van der Waals surface area contributed by atoms with E-state index in [0.29, 0.717) is 23.2 Å². The average molecular weight is 484 g/mol. The second-order valence-corrected chi connectivity index (χ2v) is 9.28. The van der Waals surface area contributed by atoms with E-state index in [2.05, 4.69) is 16.0 Å². The van der Waals surface area contributed by atoms with Crippen LogP contribution >= 0.6 is 0 Å². The molecule has 3 aromatic carbocycles.